The lowest BCUT2D eigenvalue weighted by atomic mass is 10.1. The number of hydrogen-bond acceptors (Lipinski definition) is 3. The van der Waals surface area contributed by atoms with Crippen molar-refractivity contribution in [2.45, 2.75) is 18.2 Å². The summed E-state index contributed by atoms with van der Waals surface area (Å²) in [7, 11) is 1.35. The fourth-order valence-corrected chi connectivity index (χ4v) is 2.37. The van der Waals surface area contributed by atoms with Gasteiger partial charge in [-0.25, -0.2) is 0 Å². The summed E-state index contributed by atoms with van der Waals surface area (Å²) >= 11 is 0. The predicted octanol–water partition coefficient (Wildman–Crippen LogP) is 1.54. The van der Waals surface area contributed by atoms with Crippen LogP contribution in [0.5, 0.6) is 5.75 Å². The van der Waals surface area contributed by atoms with Crippen molar-refractivity contribution in [1.82, 2.24) is 4.90 Å². The van der Waals surface area contributed by atoms with E-state index in [4.69, 9.17) is 4.74 Å². The van der Waals surface area contributed by atoms with E-state index in [2.05, 4.69) is 4.40 Å². The molecule has 6 heteroatoms. The van der Waals surface area contributed by atoms with Crippen LogP contribution in [0.25, 0.3) is 0 Å². The highest BCUT2D eigenvalue weighted by atomic mass is 32.2. The Bertz CT molecular complexity index is 536. The third-order valence-electron chi connectivity index (χ3n) is 2.35. The number of hydrogen-bond donors (Lipinski definition) is 0. The Hall–Kier alpha value is -1.56. The summed E-state index contributed by atoms with van der Waals surface area (Å²) in [4.78, 5) is 1.75. The largest absolute Gasteiger partial charge is 0.496 e. The molecule has 0 aliphatic carbocycles. The average Bonchev–Trinajstić information content (AvgIpc) is 2.35. The number of ether oxygens (including phenoxy) is 1. The second kappa shape index (κ2) is 5.86. The van der Waals surface area contributed by atoms with Gasteiger partial charge in [0.1, 0.15) is 12.1 Å². The monoisotopic (exact) mass is 270 g/mol. The maximum Gasteiger partial charge on any atom is 0.283 e. The molecule has 0 atom stereocenters. The fourth-order valence-electron chi connectivity index (χ4n) is 1.41. The van der Waals surface area contributed by atoms with Gasteiger partial charge in [-0.2, -0.15) is 8.42 Å². The van der Waals surface area contributed by atoms with Crippen LogP contribution in [0.15, 0.2) is 27.5 Å². The first-order chi connectivity index (χ1) is 8.40. The number of sulfonamides is 1. The fraction of sp³-hybridized carbons (Fsp3) is 0.417. The van der Waals surface area contributed by atoms with Crippen molar-refractivity contribution in [1.29, 1.82) is 0 Å². The van der Waals surface area contributed by atoms with Gasteiger partial charge in [0.2, 0.25) is 0 Å². The van der Waals surface area contributed by atoms with E-state index in [0.29, 0.717) is 12.2 Å². The van der Waals surface area contributed by atoms with E-state index >= 15 is 0 Å². The van der Waals surface area contributed by atoms with Crippen LogP contribution in [0.1, 0.15) is 12.5 Å². The highest BCUT2D eigenvalue weighted by Gasteiger charge is 2.14. The Morgan fingerprint density at radius 2 is 2.06 bits per heavy atom. The van der Waals surface area contributed by atoms with E-state index < -0.39 is 10.0 Å². The molecule has 1 aromatic carbocycles. The molecule has 0 radical (unpaired) electrons. The maximum atomic E-state index is 11.9. The molecule has 0 unspecified atom stereocenters. The number of rotatable bonds is 5. The number of benzene rings is 1. The Kier molecular flexibility index (Phi) is 4.72. The Morgan fingerprint density at radius 1 is 1.39 bits per heavy atom. The highest BCUT2D eigenvalue weighted by molar-refractivity contribution is 7.90. The van der Waals surface area contributed by atoms with Crippen molar-refractivity contribution in [2.24, 2.45) is 4.40 Å². The van der Waals surface area contributed by atoms with E-state index in [0.717, 1.165) is 5.56 Å². The molecule has 1 rings (SSSR count). The molecule has 0 aliphatic rings. The van der Waals surface area contributed by atoms with Gasteiger partial charge in [0.05, 0.1) is 12.0 Å². The summed E-state index contributed by atoms with van der Waals surface area (Å²) < 4.78 is 32.6. The van der Waals surface area contributed by atoms with Crippen LogP contribution in [0.3, 0.4) is 0 Å². The molecule has 0 aromatic heterocycles. The molecular weight excluding hydrogens is 252 g/mol. The standard InChI is InChI=1S/C12H18N2O3S/c1-5-10-8-11(6-7-12(10)17-4)18(15,16)13-9-14(2)3/h6-9H,5H2,1-4H3/b13-9+. The summed E-state index contributed by atoms with van der Waals surface area (Å²) in [6, 6.07) is 4.75. The zero-order valence-corrected chi connectivity index (χ0v) is 11.9. The van der Waals surface area contributed by atoms with Gasteiger partial charge in [0, 0.05) is 14.1 Å². The van der Waals surface area contributed by atoms with Crippen LogP contribution in [-0.4, -0.2) is 40.9 Å². The average molecular weight is 270 g/mol. The van der Waals surface area contributed by atoms with E-state index in [-0.39, 0.29) is 4.90 Å². The zero-order chi connectivity index (χ0) is 13.8. The van der Waals surface area contributed by atoms with Crippen molar-refractivity contribution in [2.75, 3.05) is 21.2 Å². The molecule has 0 fully saturated rings. The molecule has 18 heavy (non-hydrogen) atoms. The third-order valence-corrected chi connectivity index (χ3v) is 3.57. The SMILES string of the molecule is CCc1cc(S(=O)(=O)/N=C/N(C)C)ccc1OC. The summed E-state index contributed by atoms with van der Waals surface area (Å²) in [6.45, 7) is 1.94. The Balaban J connectivity index is 3.18. The van der Waals surface area contributed by atoms with Gasteiger partial charge in [-0.05, 0) is 30.2 Å². The maximum absolute atomic E-state index is 11.9. The molecule has 0 saturated carbocycles. The summed E-state index contributed by atoms with van der Waals surface area (Å²) in [5.74, 6) is 0.688. The summed E-state index contributed by atoms with van der Waals surface area (Å²) in [6.07, 6.45) is 1.97. The van der Waals surface area contributed by atoms with E-state index in [1.165, 1.54) is 12.4 Å². The van der Waals surface area contributed by atoms with Crippen LogP contribution >= 0.6 is 0 Å². The number of methoxy groups -OCH3 is 1. The molecule has 5 nitrogen and oxygen atoms in total. The van der Waals surface area contributed by atoms with Gasteiger partial charge < -0.3 is 9.64 Å². The molecule has 1 aromatic rings. The second-order valence-corrected chi connectivity index (χ2v) is 5.62. The van der Waals surface area contributed by atoms with Crippen LogP contribution in [0, 0.1) is 0 Å². The quantitative estimate of drug-likeness (QED) is 0.601. The van der Waals surface area contributed by atoms with Crippen LogP contribution in [0.4, 0.5) is 0 Å². The molecule has 0 saturated heterocycles. The second-order valence-electron chi connectivity index (χ2n) is 3.99. The van der Waals surface area contributed by atoms with Crippen molar-refractivity contribution in [3.05, 3.63) is 23.8 Å². The number of aryl methyl sites for hydroxylation is 1. The first kappa shape index (κ1) is 14.5. The Labute approximate surface area is 108 Å². The van der Waals surface area contributed by atoms with Gasteiger partial charge in [-0.1, -0.05) is 6.92 Å². The van der Waals surface area contributed by atoms with Gasteiger partial charge in [0.25, 0.3) is 10.0 Å². The van der Waals surface area contributed by atoms with E-state index in [1.807, 2.05) is 6.92 Å². The highest BCUT2D eigenvalue weighted by Crippen LogP contribution is 2.23. The van der Waals surface area contributed by atoms with E-state index in [9.17, 15) is 8.42 Å². The zero-order valence-electron chi connectivity index (χ0n) is 11.0. The van der Waals surface area contributed by atoms with Crippen LogP contribution in [-0.2, 0) is 16.4 Å². The normalized spacial score (nSPS) is 11.8. The minimum atomic E-state index is -3.64. The van der Waals surface area contributed by atoms with Gasteiger partial charge in [0.15, 0.2) is 0 Å². The molecule has 0 aliphatic heterocycles. The van der Waals surface area contributed by atoms with Crippen molar-refractivity contribution in [3.8, 4) is 5.75 Å². The van der Waals surface area contributed by atoms with E-state index in [1.54, 1.807) is 38.2 Å². The lowest BCUT2D eigenvalue weighted by molar-refractivity contribution is 0.409. The summed E-state index contributed by atoms with van der Waals surface area (Å²) in [5.41, 5.74) is 0.846. The van der Waals surface area contributed by atoms with Crippen molar-refractivity contribution < 1.29 is 13.2 Å². The minimum absolute atomic E-state index is 0.179. The Morgan fingerprint density at radius 3 is 2.56 bits per heavy atom. The van der Waals surface area contributed by atoms with Gasteiger partial charge >= 0.3 is 0 Å². The van der Waals surface area contributed by atoms with Crippen LogP contribution in [0.2, 0.25) is 0 Å². The van der Waals surface area contributed by atoms with Crippen LogP contribution < -0.4 is 4.74 Å². The predicted molar refractivity (Wildman–Crippen MR) is 71.7 cm³/mol. The van der Waals surface area contributed by atoms with Gasteiger partial charge in [-0.15, -0.1) is 4.40 Å². The third kappa shape index (κ3) is 3.46. The molecule has 0 N–H and O–H groups in total. The first-order valence-corrected chi connectivity index (χ1v) is 6.98. The van der Waals surface area contributed by atoms with Crippen molar-refractivity contribution in [3.63, 3.8) is 0 Å². The lowest BCUT2D eigenvalue weighted by Crippen LogP contribution is -2.10. The topological polar surface area (TPSA) is 59.0 Å². The molecule has 0 heterocycles. The van der Waals surface area contributed by atoms with Crippen molar-refractivity contribution >= 4 is 16.4 Å². The lowest BCUT2D eigenvalue weighted by Gasteiger charge is -2.08. The smallest absolute Gasteiger partial charge is 0.283 e. The first-order valence-electron chi connectivity index (χ1n) is 5.54. The molecule has 0 spiro atoms. The molecule has 0 bridgehead atoms. The molecular formula is C12H18N2O3S. The minimum Gasteiger partial charge on any atom is -0.496 e. The number of nitrogens with zero attached hydrogens (tertiary/aromatic N) is 2. The molecule has 0 amide bonds. The summed E-state index contributed by atoms with van der Waals surface area (Å²) in [5, 5.41) is 0. The molecule has 100 valence electrons. The van der Waals surface area contributed by atoms with Gasteiger partial charge in [-0.3, -0.25) is 0 Å².